The molecule has 0 N–H and O–H groups in total. The highest BCUT2D eigenvalue weighted by Crippen LogP contribution is 2.53. The number of nitrogens with zero attached hydrogens (tertiary/aromatic N) is 2. The van der Waals surface area contributed by atoms with Gasteiger partial charge in [0.1, 0.15) is 0 Å². The van der Waals surface area contributed by atoms with Crippen LogP contribution in [0.1, 0.15) is 11.1 Å². The lowest BCUT2D eigenvalue weighted by Crippen LogP contribution is -2.13. The van der Waals surface area contributed by atoms with Gasteiger partial charge < -0.3 is 9.80 Å². The maximum absolute atomic E-state index is 2.55. The molecule has 0 aliphatic rings. The molecule has 2 heterocycles. The summed E-state index contributed by atoms with van der Waals surface area (Å²) < 4.78 is 5.17. The third kappa shape index (κ3) is 6.38. The van der Waals surface area contributed by atoms with Crippen LogP contribution in [-0.2, 0) is 0 Å². The predicted octanol–water partition coefficient (Wildman–Crippen LogP) is 20.2. The van der Waals surface area contributed by atoms with E-state index in [0.717, 1.165) is 22.7 Å². The average molecular weight is 929 g/mol. The van der Waals surface area contributed by atoms with E-state index in [0.29, 0.717) is 0 Å². The Kier molecular flexibility index (Phi) is 9.42. The first-order valence-corrected chi connectivity index (χ1v) is 25.6. The molecule has 0 radical (unpaired) electrons. The van der Waals surface area contributed by atoms with Crippen molar-refractivity contribution in [3.63, 3.8) is 0 Å². The Labute approximate surface area is 414 Å². The maximum Gasteiger partial charge on any atom is 0.0669 e. The van der Waals surface area contributed by atoms with Crippen molar-refractivity contribution < 1.29 is 0 Å². The fourth-order valence-electron chi connectivity index (χ4n) is 11.1. The van der Waals surface area contributed by atoms with E-state index in [1.807, 2.05) is 22.7 Å². The molecule has 0 saturated carbocycles. The lowest BCUT2D eigenvalue weighted by molar-refractivity contribution is 1.28. The van der Waals surface area contributed by atoms with Crippen LogP contribution in [0.3, 0.4) is 0 Å². The number of hydrogen-bond donors (Lipinski definition) is 0. The van der Waals surface area contributed by atoms with Gasteiger partial charge in [0.2, 0.25) is 0 Å². The van der Waals surface area contributed by atoms with Crippen LogP contribution in [0, 0.1) is 13.8 Å². The second kappa shape index (κ2) is 16.2. The molecule has 12 aromatic carbocycles. The summed E-state index contributed by atoms with van der Waals surface area (Å²) in [4.78, 5) is 5.11. The third-order valence-corrected chi connectivity index (χ3v) is 16.8. The molecule has 0 aliphatic heterocycles. The Morgan fingerprint density at radius 1 is 0.300 bits per heavy atom. The molecule has 70 heavy (non-hydrogen) atoms. The minimum Gasteiger partial charge on any atom is -0.308 e. The van der Waals surface area contributed by atoms with Gasteiger partial charge in [-0.3, -0.25) is 0 Å². The number of aryl methyl sites for hydroxylation is 2. The monoisotopic (exact) mass is 928 g/mol. The summed E-state index contributed by atoms with van der Waals surface area (Å²) in [6, 6.07) is 85.5. The van der Waals surface area contributed by atoms with E-state index in [4.69, 9.17) is 0 Å². The first-order valence-electron chi connectivity index (χ1n) is 24.0. The van der Waals surface area contributed by atoms with Crippen molar-refractivity contribution in [3.05, 3.63) is 242 Å². The Bertz CT molecular complexity index is 4060. The second-order valence-corrected chi connectivity index (χ2v) is 20.6. The lowest BCUT2D eigenvalue weighted by atomic mass is 9.91. The van der Waals surface area contributed by atoms with Gasteiger partial charge in [0.15, 0.2) is 0 Å². The van der Waals surface area contributed by atoms with Gasteiger partial charge in [-0.15, -0.1) is 22.7 Å². The molecule has 14 rings (SSSR count). The van der Waals surface area contributed by atoms with Crippen molar-refractivity contribution in [2.24, 2.45) is 0 Å². The van der Waals surface area contributed by atoms with E-state index in [-0.39, 0.29) is 0 Å². The van der Waals surface area contributed by atoms with Gasteiger partial charge >= 0.3 is 0 Å². The quantitative estimate of drug-likeness (QED) is 0.140. The Hall–Kier alpha value is -8.28. The van der Waals surface area contributed by atoms with Gasteiger partial charge in [0.25, 0.3) is 0 Å². The van der Waals surface area contributed by atoms with Gasteiger partial charge in [-0.25, -0.2) is 0 Å². The number of thiophene rings is 2. The van der Waals surface area contributed by atoms with Crippen molar-refractivity contribution in [1.29, 1.82) is 0 Å². The van der Waals surface area contributed by atoms with Crippen molar-refractivity contribution in [2.45, 2.75) is 13.8 Å². The average Bonchev–Trinajstić information content (AvgIpc) is 3.99. The predicted molar refractivity (Wildman–Crippen MR) is 306 cm³/mol. The molecule has 14 aromatic rings. The van der Waals surface area contributed by atoms with Crippen LogP contribution in [0.15, 0.2) is 231 Å². The van der Waals surface area contributed by atoms with E-state index in [2.05, 4.69) is 254 Å². The van der Waals surface area contributed by atoms with Crippen molar-refractivity contribution in [1.82, 2.24) is 0 Å². The van der Waals surface area contributed by atoms with E-state index >= 15 is 0 Å². The number of benzene rings is 12. The standard InChI is InChI=1S/C66H44N2S2/c1-41-27-33-53-51-23-9-11-25-59(51)69-65(53)63(41)67(49-21-13-19-47(39-49)43-15-5-3-6-16-43)57-37-31-45-30-36-56-58(38-32-46-29-35-55(57)61(45)62(46)56)68(50-22-14-20-48(40-50)44-17-7-4-8-18-44)64-42(2)28-34-54-52-24-10-12-26-60(52)70-66(54)64/h3-40H,1-2H3. The summed E-state index contributed by atoms with van der Waals surface area (Å²) in [7, 11) is 0. The largest absolute Gasteiger partial charge is 0.308 e. The van der Waals surface area contributed by atoms with Crippen molar-refractivity contribution >= 4 is 129 Å². The van der Waals surface area contributed by atoms with E-state index < -0.39 is 0 Å². The Morgan fingerprint density at radius 3 is 1.14 bits per heavy atom. The molecule has 0 fully saturated rings. The van der Waals surface area contributed by atoms with Gasteiger partial charge in [0.05, 0.1) is 32.1 Å². The van der Waals surface area contributed by atoms with Crippen molar-refractivity contribution in [3.8, 4) is 22.3 Å². The lowest BCUT2D eigenvalue weighted by Gasteiger charge is -2.31. The number of fused-ring (bicyclic) bond motifs is 6. The normalized spacial score (nSPS) is 11.9. The number of anilines is 6. The molecule has 0 saturated heterocycles. The fraction of sp³-hybridized carbons (Fsp3) is 0.0303. The first-order chi connectivity index (χ1) is 34.6. The fourth-order valence-corrected chi connectivity index (χ4v) is 13.7. The Morgan fingerprint density at radius 2 is 0.686 bits per heavy atom. The SMILES string of the molecule is Cc1ccc2c(sc3ccccc32)c1N(c1cccc(-c2ccccc2)c1)c1ccc2ccc3c(N(c4cccc(-c5ccccc5)c4)c4c(C)ccc5c4sc4ccccc45)ccc4ccc1c2c43. The maximum atomic E-state index is 2.55. The highest BCUT2D eigenvalue weighted by Gasteiger charge is 2.27. The molecule has 2 aromatic heterocycles. The van der Waals surface area contributed by atoms with E-state index in [1.54, 1.807) is 0 Å². The zero-order valence-corrected chi connectivity index (χ0v) is 40.3. The second-order valence-electron chi connectivity index (χ2n) is 18.5. The molecule has 0 unspecified atom stereocenters. The van der Waals surface area contributed by atoms with Crippen LogP contribution in [0.25, 0.3) is 94.9 Å². The smallest absolute Gasteiger partial charge is 0.0669 e. The van der Waals surface area contributed by atoms with Gasteiger partial charge in [-0.05, 0) is 117 Å². The van der Waals surface area contributed by atoms with Crippen LogP contribution in [0.5, 0.6) is 0 Å². The zero-order chi connectivity index (χ0) is 46.5. The molecule has 0 spiro atoms. The summed E-state index contributed by atoms with van der Waals surface area (Å²) in [6.07, 6.45) is 0. The van der Waals surface area contributed by atoms with E-state index in [9.17, 15) is 0 Å². The molecule has 330 valence electrons. The molecule has 2 nitrogen and oxygen atoms in total. The molecular weight excluding hydrogens is 885 g/mol. The highest BCUT2D eigenvalue weighted by atomic mass is 32.1. The summed E-state index contributed by atoms with van der Waals surface area (Å²) in [5, 5.41) is 12.6. The first kappa shape index (κ1) is 40.8. The highest BCUT2D eigenvalue weighted by molar-refractivity contribution is 7.26. The van der Waals surface area contributed by atoms with Crippen LogP contribution in [-0.4, -0.2) is 0 Å². The van der Waals surface area contributed by atoms with Crippen LogP contribution in [0.2, 0.25) is 0 Å². The third-order valence-electron chi connectivity index (χ3n) is 14.4. The molecule has 0 atom stereocenters. The molecule has 0 aliphatic carbocycles. The minimum absolute atomic E-state index is 1.13. The molecule has 0 amide bonds. The van der Waals surface area contributed by atoms with Gasteiger partial charge in [0, 0.05) is 53.1 Å². The summed E-state index contributed by atoms with van der Waals surface area (Å²) >= 11 is 3.78. The number of hydrogen-bond acceptors (Lipinski definition) is 4. The van der Waals surface area contributed by atoms with Crippen molar-refractivity contribution in [2.75, 3.05) is 9.80 Å². The molecule has 0 bridgehead atoms. The van der Waals surface area contributed by atoms with E-state index in [1.165, 1.54) is 117 Å². The molecule has 4 heteroatoms. The zero-order valence-electron chi connectivity index (χ0n) is 38.7. The van der Waals surface area contributed by atoms with Crippen LogP contribution in [0.4, 0.5) is 34.1 Å². The summed E-state index contributed by atoms with van der Waals surface area (Å²) in [6.45, 7) is 4.55. The topological polar surface area (TPSA) is 6.48 Å². The number of rotatable bonds is 8. The summed E-state index contributed by atoms with van der Waals surface area (Å²) in [5.74, 6) is 0. The summed E-state index contributed by atoms with van der Waals surface area (Å²) in [5.41, 5.74) is 14.2. The van der Waals surface area contributed by atoms with Gasteiger partial charge in [-0.2, -0.15) is 0 Å². The van der Waals surface area contributed by atoms with Crippen LogP contribution >= 0.6 is 22.7 Å². The molecular formula is C66H44N2S2. The Balaban J connectivity index is 1.05. The van der Waals surface area contributed by atoms with Gasteiger partial charge in [-0.1, -0.05) is 182 Å². The van der Waals surface area contributed by atoms with Crippen LogP contribution < -0.4 is 9.80 Å². The minimum atomic E-state index is 1.13.